The van der Waals surface area contributed by atoms with E-state index in [9.17, 15) is 5.11 Å². The molecule has 0 spiro atoms. The summed E-state index contributed by atoms with van der Waals surface area (Å²) in [5, 5.41) is 16.7. The first-order valence-electron chi connectivity index (χ1n) is 5.21. The molecule has 92 valence electrons. The van der Waals surface area contributed by atoms with Gasteiger partial charge in [-0.2, -0.15) is 5.10 Å². The van der Waals surface area contributed by atoms with Gasteiger partial charge in [0.05, 0.1) is 12.8 Å². The molecule has 0 heterocycles. The normalized spacial score (nSPS) is 10.4. The molecule has 0 aliphatic heterocycles. The number of phenols is 1. The highest BCUT2D eigenvalue weighted by atomic mass is 16.5. The van der Waals surface area contributed by atoms with Gasteiger partial charge in [-0.3, -0.25) is 0 Å². The molecule has 17 heavy (non-hydrogen) atoms. The highest BCUT2D eigenvalue weighted by Gasteiger charge is 2.01. The van der Waals surface area contributed by atoms with Crippen molar-refractivity contribution in [2.24, 2.45) is 21.7 Å². The third kappa shape index (κ3) is 4.42. The second-order valence-electron chi connectivity index (χ2n) is 3.34. The van der Waals surface area contributed by atoms with E-state index < -0.39 is 0 Å². The summed E-state index contributed by atoms with van der Waals surface area (Å²) in [6.45, 7) is 2.62. The Morgan fingerprint density at radius 1 is 1.47 bits per heavy atom. The smallest absolute Gasteiger partial charge is 0.211 e. The van der Waals surface area contributed by atoms with Gasteiger partial charge in [0.15, 0.2) is 0 Å². The number of nitrogens with two attached hydrogens (primary N) is 2. The molecule has 1 aromatic carbocycles. The zero-order valence-electron chi connectivity index (χ0n) is 9.63. The molecular weight excluding hydrogens is 220 g/mol. The molecule has 5 N–H and O–H groups in total. The van der Waals surface area contributed by atoms with E-state index in [1.165, 1.54) is 12.3 Å². The second-order valence-corrected chi connectivity index (χ2v) is 3.34. The van der Waals surface area contributed by atoms with Crippen LogP contribution in [0.3, 0.4) is 0 Å². The Bertz CT molecular complexity index is 425. The Balaban J connectivity index is 2.76. The van der Waals surface area contributed by atoms with E-state index in [-0.39, 0.29) is 11.7 Å². The first-order valence-corrected chi connectivity index (χ1v) is 5.21. The van der Waals surface area contributed by atoms with Crippen LogP contribution < -0.4 is 16.2 Å². The summed E-state index contributed by atoms with van der Waals surface area (Å²) in [5.41, 5.74) is 10.7. The first-order chi connectivity index (χ1) is 8.13. The van der Waals surface area contributed by atoms with Crippen molar-refractivity contribution in [1.82, 2.24) is 0 Å². The highest BCUT2D eigenvalue weighted by molar-refractivity contribution is 5.84. The van der Waals surface area contributed by atoms with Gasteiger partial charge in [0.25, 0.3) is 0 Å². The summed E-state index contributed by atoms with van der Waals surface area (Å²) in [5.74, 6) is 0.542. The van der Waals surface area contributed by atoms with Gasteiger partial charge in [-0.05, 0) is 18.6 Å². The van der Waals surface area contributed by atoms with Crippen LogP contribution in [-0.4, -0.2) is 23.9 Å². The summed E-state index contributed by atoms with van der Waals surface area (Å²) < 4.78 is 5.36. The third-order valence-electron chi connectivity index (χ3n) is 1.84. The fourth-order valence-electron chi connectivity index (χ4n) is 1.10. The van der Waals surface area contributed by atoms with E-state index in [1.807, 2.05) is 6.92 Å². The van der Waals surface area contributed by atoms with E-state index in [0.29, 0.717) is 17.9 Å². The van der Waals surface area contributed by atoms with Crippen LogP contribution in [0.25, 0.3) is 0 Å². The molecule has 0 saturated heterocycles. The van der Waals surface area contributed by atoms with E-state index in [0.717, 1.165) is 6.42 Å². The minimum Gasteiger partial charge on any atom is -0.507 e. The Morgan fingerprint density at radius 2 is 2.24 bits per heavy atom. The lowest BCUT2D eigenvalue weighted by molar-refractivity contribution is 0.315. The standard InChI is InChI=1S/C11H16N4O2/c1-2-5-17-9-4-3-8(10(16)6-9)7-14-15-11(12)13/h3-4,6-7,16H,2,5H2,1H3,(H4,12,13,15). The SMILES string of the molecule is CCCOc1ccc(C=NN=C(N)N)c(O)c1. The lowest BCUT2D eigenvalue weighted by Gasteiger charge is -2.05. The minimum atomic E-state index is -0.136. The van der Waals surface area contributed by atoms with Gasteiger partial charge < -0.3 is 21.3 Å². The predicted octanol–water partition coefficient (Wildman–Crippen LogP) is 0.788. The first kappa shape index (κ1) is 12.8. The summed E-state index contributed by atoms with van der Waals surface area (Å²) in [7, 11) is 0. The average Bonchev–Trinajstić information content (AvgIpc) is 2.28. The molecule has 6 nitrogen and oxygen atoms in total. The van der Waals surface area contributed by atoms with Crippen LogP contribution in [-0.2, 0) is 0 Å². The van der Waals surface area contributed by atoms with Gasteiger partial charge in [-0.25, -0.2) is 0 Å². The van der Waals surface area contributed by atoms with Gasteiger partial charge in [-0.1, -0.05) is 6.92 Å². The van der Waals surface area contributed by atoms with Crippen LogP contribution in [0.1, 0.15) is 18.9 Å². The zero-order valence-corrected chi connectivity index (χ0v) is 9.63. The quantitative estimate of drug-likeness (QED) is 0.399. The molecule has 0 atom stereocenters. The molecule has 0 bridgehead atoms. The number of hydrogen-bond donors (Lipinski definition) is 3. The molecule has 1 aromatic rings. The summed E-state index contributed by atoms with van der Waals surface area (Å²) in [6.07, 6.45) is 2.27. The van der Waals surface area contributed by atoms with Gasteiger partial charge >= 0.3 is 0 Å². The predicted molar refractivity (Wildman–Crippen MR) is 67.3 cm³/mol. The van der Waals surface area contributed by atoms with Crippen molar-refractivity contribution < 1.29 is 9.84 Å². The van der Waals surface area contributed by atoms with Gasteiger partial charge in [0, 0.05) is 11.6 Å². The lowest BCUT2D eigenvalue weighted by atomic mass is 10.2. The van der Waals surface area contributed by atoms with Crippen LogP contribution in [0.2, 0.25) is 0 Å². The second kappa shape index (κ2) is 6.37. The molecule has 0 saturated carbocycles. The maximum absolute atomic E-state index is 9.67. The van der Waals surface area contributed by atoms with E-state index in [1.54, 1.807) is 12.1 Å². The molecule has 1 rings (SSSR count). The molecule has 0 radical (unpaired) electrons. The van der Waals surface area contributed by atoms with E-state index >= 15 is 0 Å². The van der Waals surface area contributed by atoms with Gasteiger partial charge in [-0.15, -0.1) is 5.10 Å². The van der Waals surface area contributed by atoms with Crippen LogP contribution >= 0.6 is 0 Å². The molecule has 0 aliphatic rings. The number of ether oxygens (including phenoxy) is 1. The third-order valence-corrected chi connectivity index (χ3v) is 1.84. The summed E-state index contributed by atoms with van der Waals surface area (Å²) >= 11 is 0. The molecule has 0 aliphatic carbocycles. The number of hydrogen-bond acceptors (Lipinski definition) is 4. The number of nitrogens with zero attached hydrogens (tertiary/aromatic N) is 2. The molecule has 6 heteroatoms. The van der Waals surface area contributed by atoms with Crippen LogP contribution in [0, 0.1) is 0 Å². The van der Waals surface area contributed by atoms with Crippen molar-refractivity contribution in [1.29, 1.82) is 0 Å². The molecular formula is C11H16N4O2. The van der Waals surface area contributed by atoms with Crippen molar-refractivity contribution in [3.63, 3.8) is 0 Å². The molecule has 0 unspecified atom stereocenters. The topological polar surface area (TPSA) is 106 Å². The summed E-state index contributed by atoms with van der Waals surface area (Å²) in [6, 6.07) is 4.94. The fraction of sp³-hybridized carbons (Fsp3) is 0.273. The summed E-state index contributed by atoms with van der Waals surface area (Å²) in [4.78, 5) is 0. The highest BCUT2D eigenvalue weighted by Crippen LogP contribution is 2.22. The van der Waals surface area contributed by atoms with Crippen LogP contribution in [0.15, 0.2) is 28.4 Å². The Kier molecular flexibility index (Phi) is 4.80. The zero-order chi connectivity index (χ0) is 12.7. The largest absolute Gasteiger partial charge is 0.507 e. The average molecular weight is 236 g/mol. The number of aromatic hydroxyl groups is 1. The Labute approximate surface area is 99.6 Å². The number of phenolic OH excluding ortho intramolecular Hbond substituents is 1. The Morgan fingerprint density at radius 3 is 2.82 bits per heavy atom. The van der Waals surface area contributed by atoms with Gasteiger partial charge in [0.2, 0.25) is 5.96 Å². The van der Waals surface area contributed by atoms with Crippen molar-refractivity contribution in [2.75, 3.05) is 6.61 Å². The Hall–Kier alpha value is -2.24. The van der Waals surface area contributed by atoms with E-state index in [4.69, 9.17) is 16.2 Å². The minimum absolute atomic E-state index is 0.0631. The van der Waals surface area contributed by atoms with Crippen LogP contribution in [0.5, 0.6) is 11.5 Å². The maximum atomic E-state index is 9.67. The van der Waals surface area contributed by atoms with Crippen LogP contribution in [0.4, 0.5) is 0 Å². The maximum Gasteiger partial charge on any atom is 0.211 e. The monoisotopic (exact) mass is 236 g/mol. The lowest BCUT2D eigenvalue weighted by Crippen LogP contribution is -2.21. The number of guanidine groups is 1. The van der Waals surface area contributed by atoms with Gasteiger partial charge in [0.1, 0.15) is 11.5 Å². The van der Waals surface area contributed by atoms with Crippen molar-refractivity contribution in [3.8, 4) is 11.5 Å². The van der Waals surface area contributed by atoms with Crippen molar-refractivity contribution in [2.45, 2.75) is 13.3 Å². The number of benzene rings is 1. The number of rotatable bonds is 5. The molecule has 0 aromatic heterocycles. The van der Waals surface area contributed by atoms with E-state index in [2.05, 4.69) is 10.2 Å². The van der Waals surface area contributed by atoms with Crippen molar-refractivity contribution >= 4 is 12.2 Å². The van der Waals surface area contributed by atoms with Crippen molar-refractivity contribution in [3.05, 3.63) is 23.8 Å². The molecule has 0 amide bonds. The molecule has 0 fully saturated rings. The fourth-order valence-corrected chi connectivity index (χ4v) is 1.10.